The Balaban J connectivity index is 1.49. The lowest BCUT2D eigenvalue weighted by Gasteiger charge is -2.23. The lowest BCUT2D eigenvalue weighted by molar-refractivity contribution is -0.133. The molecule has 1 aromatic heterocycles. The Labute approximate surface area is 165 Å². The van der Waals surface area contributed by atoms with E-state index in [1.54, 1.807) is 0 Å². The van der Waals surface area contributed by atoms with Gasteiger partial charge in [0.05, 0.1) is 6.04 Å². The molecule has 0 radical (unpaired) electrons. The van der Waals surface area contributed by atoms with Crippen molar-refractivity contribution >= 4 is 11.8 Å². The molecule has 1 aromatic carbocycles. The van der Waals surface area contributed by atoms with Gasteiger partial charge >= 0.3 is 0 Å². The van der Waals surface area contributed by atoms with Gasteiger partial charge in [0.2, 0.25) is 17.7 Å². The topological polar surface area (TPSA) is 88.3 Å². The summed E-state index contributed by atoms with van der Waals surface area (Å²) in [5, 5.41) is 6.96. The molecule has 0 bridgehead atoms. The molecule has 1 saturated heterocycles. The third kappa shape index (κ3) is 5.41. The fraction of sp³-hybridized carbons (Fsp3) is 0.524. The Hall–Kier alpha value is -2.70. The largest absolute Gasteiger partial charge is 0.352 e. The highest BCUT2D eigenvalue weighted by Gasteiger charge is 2.33. The SMILES string of the molecule is CC(C)CC(=O)N1CCCC1c1noc(CCC(=O)NCc2ccccc2)n1. The smallest absolute Gasteiger partial charge is 0.227 e. The van der Waals surface area contributed by atoms with Gasteiger partial charge in [-0.15, -0.1) is 0 Å². The number of nitrogens with one attached hydrogen (secondary N) is 1. The van der Waals surface area contributed by atoms with E-state index in [4.69, 9.17) is 4.52 Å². The zero-order chi connectivity index (χ0) is 19.9. The molecule has 7 heteroatoms. The van der Waals surface area contributed by atoms with Crippen molar-refractivity contribution in [3.8, 4) is 0 Å². The third-order valence-electron chi connectivity index (χ3n) is 4.84. The molecule has 2 aromatic rings. The zero-order valence-electron chi connectivity index (χ0n) is 16.6. The van der Waals surface area contributed by atoms with Gasteiger partial charge in [0, 0.05) is 32.4 Å². The van der Waals surface area contributed by atoms with E-state index < -0.39 is 0 Å². The van der Waals surface area contributed by atoms with Gasteiger partial charge in [-0.05, 0) is 24.3 Å². The van der Waals surface area contributed by atoms with Crippen LogP contribution in [0.4, 0.5) is 0 Å². The lowest BCUT2D eigenvalue weighted by Crippen LogP contribution is -2.31. The summed E-state index contributed by atoms with van der Waals surface area (Å²) in [6, 6.07) is 9.66. The van der Waals surface area contributed by atoms with Gasteiger partial charge in [-0.1, -0.05) is 49.3 Å². The van der Waals surface area contributed by atoms with Gasteiger partial charge in [0.25, 0.3) is 0 Å². The minimum absolute atomic E-state index is 0.0572. The van der Waals surface area contributed by atoms with Crippen LogP contribution < -0.4 is 5.32 Å². The molecule has 2 amide bonds. The first-order chi connectivity index (χ1) is 13.5. The van der Waals surface area contributed by atoms with Gasteiger partial charge in [-0.25, -0.2) is 0 Å². The molecule has 150 valence electrons. The van der Waals surface area contributed by atoms with Crippen molar-refractivity contribution in [2.75, 3.05) is 6.54 Å². The molecule has 0 spiro atoms. The number of carbonyl (C=O) groups excluding carboxylic acids is 2. The summed E-state index contributed by atoms with van der Waals surface area (Å²) in [6.07, 6.45) is 3.00. The number of hydrogen-bond acceptors (Lipinski definition) is 5. The van der Waals surface area contributed by atoms with Crippen LogP contribution in [0.15, 0.2) is 34.9 Å². The maximum Gasteiger partial charge on any atom is 0.227 e. The Kier molecular flexibility index (Phi) is 6.79. The molecule has 1 N–H and O–H groups in total. The second-order valence-electron chi connectivity index (χ2n) is 7.65. The van der Waals surface area contributed by atoms with Crippen LogP contribution >= 0.6 is 0 Å². The van der Waals surface area contributed by atoms with Crippen LogP contribution in [0.3, 0.4) is 0 Å². The predicted molar refractivity (Wildman–Crippen MR) is 104 cm³/mol. The molecule has 2 heterocycles. The van der Waals surface area contributed by atoms with E-state index in [-0.39, 0.29) is 24.3 Å². The van der Waals surface area contributed by atoms with Crippen LogP contribution in [-0.2, 0) is 22.6 Å². The van der Waals surface area contributed by atoms with Crippen LogP contribution in [0.2, 0.25) is 0 Å². The number of rotatable bonds is 8. The highest BCUT2D eigenvalue weighted by Crippen LogP contribution is 2.31. The minimum atomic E-state index is -0.115. The van der Waals surface area contributed by atoms with Crippen LogP contribution in [-0.4, -0.2) is 33.4 Å². The molecule has 1 unspecified atom stereocenters. The summed E-state index contributed by atoms with van der Waals surface area (Å²) in [5.41, 5.74) is 1.06. The molecule has 1 fully saturated rings. The molecular formula is C21H28N4O3. The normalized spacial score (nSPS) is 16.5. The Morgan fingerprint density at radius 2 is 2.07 bits per heavy atom. The fourth-order valence-corrected chi connectivity index (χ4v) is 3.41. The summed E-state index contributed by atoms with van der Waals surface area (Å²) in [6.45, 7) is 5.32. The minimum Gasteiger partial charge on any atom is -0.352 e. The predicted octanol–water partition coefficient (Wildman–Crippen LogP) is 3.03. The molecule has 28 heavy (non-hydrogen) atoms. The van der Waals surface area contributed by atoms with E-state index in [1.807, 2.05) is 49.1 Å². The van der Waals surface area contributed by atoms with Crippen LogP contribution in [0.5, 0.6) is 0 Å². The lowest BCUT2D eigenvalue weighted by atomic mass is 10.1. The molecule has 7 nitrogen and oxygen atoms in total. The first-order valence-electron chi connectivity index (χ1n) is 9.95. The van der Waals surface area contributed by atoms with E-state index >= 15 is 0 Å². The number of nitrogens with zero attached hydrogens (tertiary/aromatic N) is 3. The number of aromatic nitrogens is 2. The fourth-order valence-electron chi connectivity index (χ4n) is 3.41. The number of amides is 2. The van der Waals surface area contributed by atoms with Crippen LogP contribution in [0.1, 0.15) is 62.9 Å². The zero-order valence-corrected chi connectivity index (χ0v) is 16.6. The Morgan fingerprint density at radius 1 is 1.29 bits per heavy atom. The van der Waals surface area contributed by atoms with Gasteiger partial charge in [0.1, 0.15) is 0 Å². The van der Waals surface area contributed by atoms with Gasteiger partial charge in [0.15, 0.2) is 5.82 Å². The van der Waals surface area contributed by atoms with E-state index in [9.17, 15) is 9.59 Å². The molecule has 1 atom stereocenters. The average Bonchev–Trinajstić information content (AvgIpc) is 3.34. The first-order valence-corrected chi connectivity index (χ1v) is 9.95. The van der Waals surface area contributed by atoms with E-state index in [2.05, 4.69) is 15.5 Å². The van der Waals surface area contributed by atoms with E-state index in [1.165, 1.54) is 0 Å². The first kappa shape index (κ1) is 20.0. The highest BCUT2D eigenvalue weighted by atomic mass is 16.5. The van der Waals surface area contributed by atoms with Crippen molar-refractivity contribution in [1.82, 2.24) is 20.4 Å². The molecule has 3 rings (SSSR count). The van der Waals surface area contributed by atoms with Crippen molar-refractivity contribution < 1.29 is 14.1 Å². The summed E-state index contributed by atoms with van der Waals surface area (Å²) in [4.78, 5) is 30.8. The summed E-state index contributed by atoms with van der Waals surface area (Å²) in [7, 11) is 0. The number of aryl methyl sites for hydroxylation is 1. The number of hydrogen-bond donors (Lipinski definition) is 1. The standard InChI is InChI=1S/C21H28N4O3/c1-15(2)13-20(27)25-12-6-9-17(25)21-23-19(28-24-21)11-10-18(26)22-14-16-7-4-3-5-8-16/h3-5,7-8,15,17H,6,9-14H2,1-2H3,(H,22,26). The van der Waals surface area contributed by atoms with Crippen molar-refractivity contribution in [2.45, 2.75) is 58.5 Å². The highest BCUT2D eigenvalue weighted by molar-refractivity contribution is 5.77. The second kappa shape index (κ2) is 9.48. The second-order valence-corrected chi connectivity index (χ2v) is 7.65. The maximum atomic E-state index is 12.4. The summed E-state index contributed by atoms with van der Waals surface area (Å²) in [5.74, 6) is 1.40. The van der Waals surface area contributed by atoms with Gasteiger partial charge in [-0.2, -0.15) is 4.98 Å². The summed E-state index contributed by atoms with van der Waals surface area (Å²) < 4.78 is 5.32. The molecular weight excluding hydrogens is 356 g/mol. The molecule has 1 aliphatic heterocycles. The van der Waals surface area contributed by atoms with Crippen LogP contribution in [0.25, 0.3) is 0 Å². The average molecular weight is 384 g/mol. The Bertz CT molecular complexity index is 788. The van der Waals surface area contributed by atoms with Gasteiger partial charge < -0.3 is 14.7 Å². The van der Waals surface area contributed by atoms with Gasteiger partial charge in [-0.3, -0.25) is 9.59 Å². The van der Waals surface area contributed by atoms with E-state index in [0.717, 1.165) is 24.9 Å². The summed E-state index contributed by atoms with van der Waals surface area (Å²) >= 11 is 0. The van der Waals surface area contributed by atoms with Crippen molar-refractivity contribution in [1.29, 1.82) is 0 Å². The molecule has 1 aliphatic rings. The van der Waals surface area contributed by atoms with Crippen molar-refractivity contribution in [2.24, 2.45) is 5.92 Å². The van der Waals surface area contributed by atoms with E-state index in [0.29, 0.717) is 37.0 Å². The number of likely N-dealkylation sites (tertiary alicyclic amines) is 1. The monoisotopic (exact) mass is 384 g/mol. The third-order valence-corrected chi connectivity index (χ3v) is 4.84. The van der Waals surface area contributed by atoms with Crippen molar-refractivity contribution in [3.05, 3.63) is 47.6 Å². The number of benzene rings is 1. The molecule has 0 saturated carbocycles. The maximum absolute atomic E-state index is 12.4. The quantitative estimate of drug-likeness (QED) is 0.756. The Morgan fingerprint density at radius 3 is 2.82 bits per heavy atom. The van der Waals surface area contributed by atoms with Crippen molar-refractivity contribution in [3.63, 3.8) is 0 Å². The number of carbonyl (C=O) groups is 2. The molecule has 0 aliphatic carbocycles. The van der Waals surface area contributed by atoms with Crippen LogP contribution in [0, 0.1) is 5.92 Å².